The molecule has 0 radical (unpaired) electrons. The van der Waals surface area contributed by atoms with E-state index in [1.54, 1.807) is 0 Å². The average molecular weight is 468 g/mol. The van der Waals surface area contributed by atoms with Gasteiger partial charge in [-0.05, 0) is 53.2 Å². The van der Waals surface area contributed by atoms with Gasteiger partial charge in [-0.2, -0.15) is 0 Å². The van der Waals surface area contributed by atoms with Gasteiger partial charge < -0.3 is 14.8 Å². The van der Waals surface area contributed by atoms with E-state index in [0.29, 0.717) is 6.07 Å². The number of pyridine rings is 1. The van der Waals surface area contributed by atoms with E-state index in [1.165, 1.54) is 13.0 Å². The van der Waals surface area contributed by atoms with Crippen molar-refractivity contribution >= 4 is 21.9 Å². The smallest absolute Gasteiger partial charge is 0.335 e. The normalized spacial score (nSPS) is 10.8. The number of hydrogen-bond acceptors (Lipinski definition) is 3. The highest BCUT2D eigenvalue weighted by molar-refractivity contribution is 9.10. The summed E-state index contributed by atoms with van der Waals surface area (Å²) in [5.41, 5.74) is -0.529. The van der Waals surface area contributed by atoms with Gasteiger partial charge in [-0.15, -0.1) is 0 Å². The lowest BCUT2D eigenvalue weighted by molar-refractivity contribution is 0.0697. The molecule has 3 rings (SSSR count). The van der Waals surface area contributed by atoms with Gasteiger partial charge in [0.1, 0.15) is 34.3 Å². The minimum Gasteiger partial charge on any atom is -0.487 e. The second kappa shape index (κ2) is 8.12. The molecule has 0 unspecified atom stereocenters. The van der Waals surface area contributed by atoms with Crippen LogP contribution in [0.15, 0.2) is 45.7 Å². The quantitative estimate of drug-likeness (QED) is 0.564. The van der Waals surface area contributed by atoms with Crippen LogP contribution in [0.3, 0.4) is 0 Å². The number of carbonyl (C=O) groups is 1. The third-order valence-corrected chi connectivity index (χ3v) is 4.89. The monoisotopic (exact) mass is 467 g/mol. The van der Waals surface area contributed by atoms with E-state index in [1.807, 2.05) is 0 Å². The summed E-state index contributed by atoms with van der Waals surface area (Å²) in [6.45, 7) is 1.11. The number of aromatic nitrogens is 1. The minimum absolute atomic E-state index is 0.0157. The Balaban J connectivity index is 2.14. The molecular formula is C20H13BrF3NO4. The van der Waals surface area contributed by atoms with Crippen molar-refractivity contribution in [3.63, 3.8) is 0 Å². The van der Waals surface area contributed by atoms with E-state index < -0.39 is 29.0 Å². The highest BCUT2D eigenvalue weighted by Crippen LogP contribution is 2.38. The molecule has 2 aromatic carbocycles. The molecule has 0 atom stereocenters. The molecule has 0 amide bonds. The van der Waals surface area contributed by atoms with Crippen LogP contribution in [-0.2, 0) is 6.61 Å². The number of aromatic amines is 1. The van der Waals surface area contributed by atoms with Crippen LogP contribution in [0.5, 0.6) is 5.75 Å². The first-order chi connectivity index (χ1) is 13.7. The van der Waals surface area contributed by atoms with E-state index in [4.69, 9.17) is 4.74 Å². The molecule has 3 aromatic rings. The number of rotatable bonds is 5. The summed E-state index contributed by atoms with van der Waals surface area (Å²) in [7, 11) is 0. The number of halogens is 4. The number of aromatic carboxylic acids is 1. The Kier molecular flexibility index (Phi) is 5.78. The maximum atomic E-state index is 14.5. The summed E-state index contributed by atoms with van der Waals surface area (Å²) in [6.07, 6.45) is 0. The van der Waals surface area contributed by atoms with Crippen LogP contribution >= 0.6 is 15.9 Å². The molecule has 5 nitrogen and oxygen atoms in total. The standard InChI is InChI=1S/C20H13BrF3NO4/c1-9-16(13-6-10(20(27)28)3-5-14(13)23)18(17(21)19(26)25-9)29-8-11-2-4-12(22)7-15(11)24/h2-7H,8H2,1H3,(H,25,26)(H,27,28). The predicted molar refractivity (Wildman–Crippen MR) is 103 cm³/mol. The van der Waals surface area contributed by atoms with Crippen LogP contribution in [0.1, 0.15) is 21.6 Å². The Morgan fingerprint density at radius 1 is 1.14 bits per heavy atom. The lowest BCUT2D eigenvalue weighted by atomic mass is 10.00. The molecule has 0 aliphatic rings. The van der Waals surface area contributed by atoms with Crippen LogP contribution < -0.4 is 10.3 Å². The van der Waals surface area contributed by atoms with Crippen LogP contribution in [-0.4, -0.2) is 16.1 Å². The van der Waals surface area contributed by atoms with Gasteiger partial charge >= 0.3 is 5.97 Å². The van der Waals surface area contributed by atoms with Crippen molar-refractivity contribution in [1.29, 1.82) is 0 Å². The molecule has 0 spiro atoms. The maximum absolute atomic E-state index is 14.5. The van der Waals surface area contributed by atoms with Gasteiger partial charge in [0.25, 0.3) is 5.56 Å². The zero-order chi connectivity index (χ0) is 21.3. The van der Waals surface area contributed by atoms with E-state index in [2.05, 4.69) is 20.9 Å². The topological polar surface area (TPSA) is 79.4 Å². The highest BCUT2D eigenvalue weighted by atomic mass is 79.9. The van der Waals surface area contributed by atoms with Crippen LogP contribution in [0, 0.1) is 24.4 Å². The molecule has 0 aliphatic heterocycles. The number of hydrogen-bond donors (Lipinski definition) is 2. The zero-order valence-corrected chi connectivity index (χ0v) is 16.4. The molecule has 29 heavy (non-hydrogen) atoms. The molecule has 0 fully saturated rings. The van der Waals surface area contributed by atoms with Gasteiger partial charge in [0, 0.05) is 28.5 Å². The minimum atomic E-state index is -1.26. The van der Waals surface area contributed by atoms with Crippen molar-refractivity contribution in [3.8, 4) is 16.9 Å². The number of H-pyrrole nitrogens is 1. The third kappa shape index (κ3) is 4.19. The third-order valence-electron chi connectivity index (χ3n) is 4.17. The number of carboxylic acid groups (broad SMARTS) is 1. The van der Waals surface area contributed by atoms with E-state index in [9.17, 15) is 27.9 Å². The maximum Gasteiger partial charge on any atom is 0.335 e. The van der Waals surface area contributed by atoms with E-state index >= 15 is 0 Å². The second-order valence-electron chi connectivity index (χ2n) is 6.12. The Morgan fingerprint density at radius 3 is 2.52 bits per heavy atom. The lowest BCUT2D eigenvalue weighted by Gasteiger charge is -2.17. The fraction of sp³-hybridized carbons (Fsp3) is 0.100. The molecule has 150 valence electrons. The number of nitrogens with one attached hydrogen (secondary N) is 1. The first kappa shape index (κ1) is 20.7. The Hall–Kier alpha value is -3.07. The number of benzene rings is 2. The summed E-state index contributed by atoms with van der Waals surface area (Å²) < 4.78 is 47.1. The number of aryl methyl sites for hydroxylation is 1. The molecular weight excluding hydrogens is 455 g/mol. The first-order valence-electron chi connectivity index (χ1n) is 8.21. The van der Waals surface area contributed by atoms with Crippen molar-refractivity contribution in [2.24, 2.45) is 0 Å². The largest absolute Gasteiger partial charge is 0.487 e. The summed E-state index contributed by atoms with van der Waals surface area (Å²) in [4.78, 5) is 25.9. The first-order valence-corrected chi connectivity index (χ1v) is 9.00. The van der Waals surface area contributed by atoms with Crippen molar-refractivity contribution in [2.75, 3.05) is 0 Å². The zero-order valence-electron chi connectivity index (χ0n) is 14.9. The molecule has 0 saturated carbocycles. The summed E-state index contributed by atoms with van der Waals surface area (Å²) in [6, 6.07) is 6.12. The van der Waals surface area contributed by atoms with Crippen LogP contribution in [0.2, 0.25) is 0 Å². The summed E-state index contributed by atoms with van der Waals surface area (Å²) in [5, 5.41) is 9.20. The second-order valence-corrected chi connectivity index (χ2v) is 6.91. The fourth-order valence-electron chi connectivity index (χ4n) is 2.77. The molecule has 0 saturated heterocycles. The van der Waals surface area contributed by atoms with Crippen molar-refractivity contribution in [2.45, 2.75) is 13.5 Å². The van der Waals surface area contributed by atoms with E-state index in [-0.39, 0.29) is 44.8 Å². The highest BCUT2D eigenvalue weighted by Gasteiger charge is 2.21. The molecule has 9 heteroatoms. The van der Waals surface area contributed by atoms with Crippen molar-refractivity contribution < 1.29 is 27.8 Å². The summed E-state index contributed by atoms with van der Waals surface area (Å²) >= 11 is 3.08. The van der Waals surface area contributed by atoms with Gasteiger partial charge in [-0.25, -0.2) is 18.0 Å². The Labute approximate surface area is 170 Å². The molecule has 1 heterocycles. The SMILES string of the molecule is Cc1[nH]c(=O)c(Br)c(OCc2ccc(F)cc2F)c1-c1cc(C(=O)O)ccc1F. The van der Waals surface area contributed by atoms with Crippen LogP contribution in [0.25, 0.3) is 11.1 Å². The average Bonchev–Trinajstić information content (AvgIpc) is 2.65. The van der Waals surface area contributed by atoms with Gasteiger partial charge in [-0.3, -0.25) is 4.79 Å². The van der Waals surface area contributed by atoms with Crippen LogP contribution in [0.4, 0.5) is 13.2 Å². The molecule has 0 aliphatic carbocycles. The predicted octanol–water partition coefficient (Wildman–Crippen LogP) is 4.81. The van der Waals surface area contributed by atoms with Gasteiger partial charge in [0.05, 0.1) is 5.56 Å². The number of carboxylic acids is 1. The molecule has 2 N–H and O–H groups in total. The lowest BCUT2D eigenvalue weighted by Crippen LogP contribution is -2.13. The molecule has 1 aromatic heterocycles. The number of ether oxygens (including phenoxy) is 1. The Bertz CT molecular complexity index is 1180. The van der Waals surface area contributed by atoms with Gasteiger partial charge in [0.15, 0.2) is 0 Å². The van der Waals surface area contributed by atoms with Gasteiger partial charge in [0.2, 0.25) is 0 Å². The van der Waals surface area contributed by atoms with E-state index in [0.717, 1.165) is 24.3 Å². The summed E-state index contributed by atoms with van der Waals surface area (Å²) in [5.74, 6) is -3.70. The Morgan fingerprint density at radius 2 is 1.86 bits per heavy atom. The van der Waals surface area contributed by atoms with Crippen molar-refractivity contribution in [1.82, 2.24) is 4.98 Å². The van der Waals surface area contributed by atoms with Gasteiger partial charge in [-0.1, -0.05) is 0 Å². The fourth-order valence-corrected chi connectivity index (χ4v) is 3.18. The van der Waals surface area contributed by atoms with Crippen molar-refractivity contribution in [3.05, 3.63) is 85.5 Å². The molecule has 0 bridgehead atoms.